The number of amides is 1. The first-order valence-electron chi connectivity index (χ1n) is 6.32. The maximum Gasteiger partial charge on any atom is 0.261 e. The lowest BCUT2D eigenvalue weighted by Gasteiger charge is -2.11. The van der Waals surface area contributed by atoms with Gasteiger partial charge in [-0.05, 0) is 36.4 Å². The zero-order valence-corrected chi connectivity index (χ0v) is 13.6. The standard InChI is InChI=1S/C13H13N3O6S2/c14-23(19,20)10-3-1-2-9(6-10)16-24(21,22)11-4-5-13(18)12(7-11)15-8-17/h1-8,16,18H,(H,15,17)(H2,14,19,20). The second-order valence-electron chi connectivity index (χ2n) is 4.62. The van der Waals surface area contributed by atoms with Crippen LogP contribution < -0.4 is 15.2 Å². The van der Waals surface area contributed by atoms with Crippen LogP contribution >= 0.6 is 0 Å². The van der Waals surface area contributed by atoms with Crippen LogP contribution in [-0.4, -0.2) is 28.4 Å². The van der Waals surface area contributed by atoms with Crippen LogP contribution in [0.4, 0.5) is 11.4 Å². The maximum atomic E-state index is 12.3. The highest BCUT2D eigenvalue weighted by atomic mass is 32.2. The van der Waals surface area contributed by atoms with Crippen molar-refractivity contribution in [2.24, 2.45) is 5.14 Å². The molecule has 0 aliphatic rings. The lowest BCUT2D eigenvalue weighted by molar-refractivity contribution is -0.105. The highest BCUT2D eigenvalue weighted by molar-refractivity contribution is 7.92. The van der Waals surface area contributed by atoms with Gasteiger partial charge < -0.3 is 10.4 Å². The summed E-state index contributed by atoms with van der Waals surface area (Å²) in [6, 6.07) is 8.23. The van der Waals surface area contributed by atoms with Gasteiger partial charge in [0.1, 0.15) is 5.75 Å². The molecule has 0 radical (unpaired) electrons. The smallest absolute Gasteiger partial charge is 0.261 e. The third-order valence-electron chi connectivity index (χ3n) is 2.91. The summed E-state index contributed by atoms with van der Waals surface area (Å²) >= 11 is 0. The van der Waals surface area contributed by atoms with Gasteiger partial charge in [0, 0.05) is 0 Å². The predicted molar refractivity (Wildman–Crippen MR) is 86.4 cm³/mol. The molecule has 128 valence electrons. The highest BCUT2D eigenvalue weighted by Gasteiger charge is 2.17. The third kappa shape index (κ3) is 4.01. The van der Waals surface area contributed by atoms with Gasteiger partial charge in [-0.2, -0.15) is 0 Å². The van der Waals surface area contributed by atoms with Crippen LogP contribution in [0.3, 0.4) is 0 Å². The summed E-state index contributed by atoms with van der Waals surface area (Å²) in [5.74, 6) is -0.308. The number of carbonyl (C=O) groups excluding carboxylic acids is 1. The summed E-state index contributed by atoms with van der Waals surface area (Å²) < 4.78 is 49.5. The number of nitrogens with two attached hydrogens (primary N) is 1. The van der Waals surface area contributed by atoms with Gasteiger partial charge in [0.2, 0.25) is 16.4 Å². The fraction of sp³-hybridized carbons (Fsp3) is 0. The Bertz CT molecular complexity index is 987. The molecule has 0 aliphatic carbocycles. The summed E-state index contributed by atoms with van der Waals surface area (Å²) in [6.07, 6.45) is 0.286. The molecule has 9 nitrogen and oxygen atoms in total. The van der Waals surface area contributed by atoms with E-state index in [0.29, 0.717) is 0 Å². The minimum Gasteiger partial charge on any atom is -0.506 e. The summed E-state index contributed by atoms with van der Waals surface area (Å²) in [5.41, 5.74) is -0.106. The lowest BCUT2D eigenvalue weighted by Crippen LogP contribution is -2.15. The average molecular weight is 371 g/mol. The van der Waals surface area contributed by atoms with Crippen LogP contribution in [-0.2, 0) is 24.8 Å². The SMILES string of the molecule is NS(=O)(=O)c1cccc(NS(=O)(=O)c2ccc(O)c(NC=O)c2)c1. The Morgan fingerprint density at radius 1 is 1.00 bits per heavy atom. The van der Waals surface area contributed by atoms with Crippen LogP contribution in [0.25, 0.3) is 0 Å². The summed E-state index contributed by atoms with van der Waals surface area (Å²) in [7, 11) is -8.07. The number of benzene rings is 2. The molecule has 1 amide bonds. The largest absolute Gasteiger partial charge is 0.506 e. The first-order chi connectivity index (χ1) is 11.1. The molecule has 0 aromatic heterocycles. The van der Waals surface area contributed by atoms with Gasteiger partial charge >= 0.3 is 0 Å². The van der Waals surface area contributed by atoms with E-state index in [9.17, 15) is 26.7 Å². The molecular weight excluding hydrogens is 358 g/mol. The number of sulfonamides is 2. The molecule has 0 bridgehead atoms. The van der Waals surface area contributed by atoms with E-state index >= 15 is 0 Å². The van der Waals surface area contributed by atoms with Gasteiger partial charge in [0.15, 0.2) is 0 Å². The van der Waals surface area contributed by atoms with E-state index in [0.717, 1.165) is 24.3 Å². The van der Waals surface area contributed by atoms with E-state index in [1.54, 1.807) is 0 Å². The van der Waals surface area contributed by atoms with Gasteiger partial charge in [-0.3, -0.25) is 9.52 Å². The molecule has 2 aromatic rings. The highest BCUT2D eigenvalue weighted by Crippen LogP contribution is 2.27. The Hall–Kier alpha value is -2.63. The summed E-state index contributed by atoms with van der Waals surface area (Å²) in [5, 5.41) is 16.7. The number of phenols is 1. The van der Waals surface area contributed by atoms with Crippen molar-refractivity contribution >= 4 is 37.8 Å². The second kappa shape index (κ2) is 6.47. The van der Waals surface area contributed by atoms with Crippen LogP contribution in [0.15, 0.2) is 52.3 Å². The zero-order valence-electron chi connectivity index (χ0n) is 12.0. The molecule has 2 rings (SSSR count). The van der Waals surface area contributed by atoms with Crippen molar-refractivity contribution in [2.75, 3.05) is 10.0 Å². The van der Waals surface area contributed by atoms with E-state index in [4.69, 9.17) is 5.14 Å². The molecule has 0 unspecified atom stereocenters. The van der Waals surface area contributed by atoms with Crippen molar-refractivity contribution in [2.45, 2.75) is 9.79 Å². The van der Waals surface area contributed by atoms with Crippen molar-refractivity contribution in [1.29, 1.82) is 0 Å². The van der Waals surface area contributed by atoms with Crippen molar-refractivity contribution < 1.29 is 26.7 Å². The lowest BCUT2D eigenvalue weighted by atomic mass is 10.3. The first-order valence-corrected chi connectivity index (χ1v) is 9.35. The maximum absolute atomic E-state index is 12.3. The molecule has 24 heavy (non-hydrogen) atoms. The Morgan fingerprint density at radius 3 is 2.33 bits per heavy atom. The van der Waals surface area contributed by atoms with Gasteiger partial charge in [-0.1, -0.05) is 6.07 Å². The molecule has 5 N–H and O–H groups in total. The van der Waals surface area contributed by atoms with E-state index in [2.05, 4.69) is 10.0 Å². The Balaban J connectivity index is 2.39. The average Bonchev–Trinajstić information content (AvgIpc) is 2.48. The van der Waals surface area contributed by atoms with Gasteiger partial charge in [-0.15, -0.1) is 0 Å². The number of rotatable bonds is 6. The normalized spacial score (nSPS) is 11.7. The fourth-order valence-electron chi connectivity index (χ4n) is 1.81. The molecule has 0 spiro atoms. The van der Waals surface area contributed by atoms with Crippen molar-refractivity contribution in [3.63, 3.8) is 0 Å². The molecule has 0 atom stereocenters. The molecule has 0 heterocycles. The van der Waals surface area contributed by atoms with Crippen LogP contribution in [0.1, 0.15) is 0 Å². The van der Waals surface area contributed by atoms with Gasteiger partial charge in [0.25, 0.3) is 10.0 Å². The number of primary sulfonamides is 1. The Morgan fingerprint density at radius 2 is 1.71 bits per heavy atom. The fourth-order valence-corrected chi connectivity index (χ4v) is 3.45. The van der Waals surface area contributed by atoms with E-state index in [-0.39, 0.29) is 33.3 Å². The third-order valence-corrected chi connectivity index (χ3v) is 5.20. The molecule has 2 aromatic carbocycles. The number of aromatic hydroxyl groups is 1. The minimum atomic E-state index is -4.09. The Labute approximate surface area is 138 Å². The molecule has 0 fully saturated rings. The van der Waals surface area contributed by atoms with Crippen molar-refractivity contribution in [1.82, 2.24) is 0 Å². The summed E-state index contributed by atoms with van der Waals surface area (Å²) in [6.45, 7) is 0. The van der Waals surface area contributed by atoms with E-state index in [1.807, 2.05) is 0 Å². The first kappa shape index (κ1) is 17.7. The number of hydrogen-bond donors (Lipinski definition) is 4. The molecule has 0 saturated heterocycles. The Kier molecular flexibility index (Phi) is 4.78. The van der Waals surface area contributed by atoms with E-state index < -0.39 is 20.0 Å². The van der Waals surface area contributed by atoms with E-state index in [1.165, 1.54) is 18.2 Å². The predicted octanol–water partition coefficient (Wildman–Crippen LogP) is 0.409. The van der Waals surface area contributed by atoms with Crippen LogP contribution in [0.5, 0.6) is 5.75 Å². The molecule has 0 saturated carbocycles. The molecule has 11 heteroatoms. The van der Waals surface area contributed by atoms with Crippen molar-refractivity contribution in [3.8, 4) is 5.75 Å². The number of hydrogen-bond acceptors (Lipinski definition) is 6. The van der Waals surface area contributed by atoms with Crippen molar-refractivity contribution in [3.05, 3.63) is 42.5 Å². The minimum absolute atomic E-state index is 0.0144. The monoisotopic (exact) mass is 371 g/mol. The molecular formula is C13H13N3O6S2. The second-order valence-corrected chi connectivity index (χ2v) is 7.86. The number of anilines is 2. The van der Waals surface area contributed by atoms with Crippen LogP contribution in [0.2, 0.25) is 0 Å². The number of nitrogens with one attached hydrogen (secondary N) is 2. The van der Waals surface area contributed by atoms with Crippen LogP contribution in [0, 0.1) is 0 Å². The van der Waals surface area contributed by atoms with Gasteiger partial charge in [-0.25, -0.2) is 22.0 Å². The molecule has 0 aliphatic heterocycles. The number of phenolic OH excluding ortho intramolecular Hbond substituents is 1. The zero-order chi connectivity index (χ0) is 18.0. The van der Waals surface area contributed by atoms with Gasteiger partial charge in [0.05, 0.1) is 21.2 Å². The summed E-state index contributed by atoms with van der Waals surface area (Å²) in [4.78, 5) is 9.96. The number of carbonyl (C=O) groups is 1. The quantitative estimate of drug-likeness (QED) is 0.426. The topological polar surface area (TPSA) is 156 Å².